The van der Waals surface area contributed by atoms with E-state index >= 15 is 0 Å². The molecule has 0 heterocycles. The van der Waals surface area contributed by atoms with Gasteiger partial charge in [-0.05, 0) is 37.5 Å². The van der Waals surface area contributed by atoms with Crippen LogP contribution in [-0.4, -0.2) is 55.0 Å². The summed E-state index contributed by atoms with van der Waals surface area (Å²) in [5, 5.41) is 7.23. The highest BCUT2D eigenvalue weighted by molar-refractivity contribution is 7.98. The fraction of sp³-hybridized carbons (Fsp3) is 0.412. The number of nitrogens with one attached hydrogen (secondary N) is 3. The molecule has 0 spiro atoms. The number of carbonyl (C=O) groups excluding carboxylic acids is 4. The molecule has 0 saturated carbocycles. The molecule has 0 bridgehead atoms. The Bertz CT molecular complexity index is 686. The SMILES string of the molecule is CCNC(=O)NC(=O)COC(=O)[C@@H](CCSC)NC(=O)c1ccccc1Cl. The lowest BCUT2D eigenvalue weighted by Gasteiger charge is -2.17. The Morgan fingerprint density at radius 3 is 2.56 bits per heavy atom. The first-order chi connectivity index (χ1) is 12.9. The molecule has 148 valence electrons. The second-order valence-electron chi connectivity index (χ2n) is 5.30. The number of benzene rings is 1. The van der Waals surface area contributed by atoms with E-state index in [4.69, 9.17) is 16.3 Å². The Hall–Kier alpha value is -2.26. The van der Waals surface area contributed by atoms with E-state index < -0.39 is 36.5 Å². The van der Waals surface area contributed by atoms with Crippen molar-refractivity contribution in [3.05, 3.63) is 34.9 Å². The molecule has 0 radical (unpaired) electrons. The summed E-state index contributed by atoms with van der Waals surface area (Å²) in [5.74, 6) is -1.46. The average Bonchev–Trinajstić information content (AvgIpc) is 2.63. The van der Waals surface area contributed by atoms with E-state index in [-0.39, 0.29) is 10.6 Å². The minimum absolute atomic E-state index is 0.232. The Balaban J connectivity index is 2.65. The lowest BCUT2D eigenvalue weighted by atomic mass is 10.1. The van der Waals surface area contributed by atoms with Gasteiger partial charge in [0.1, 0.15) is 6.04 Å². The summed E-state index contributed by atoms with van der Waals surface area (Å²) in [6.45, 7) is 1.42. The monoisotopic (exact) mass is 415 g/mol. The molecule has 0 fully saturated rings. The molecule has 0 aromatic heterocycles. The quantitative estimate of drug-likeness (QED) is 0.528. The van der Waals surface area contributed by atoms with Crippen LogP contribution in [0.2, 0.25) is 5.02 Å². The molecule has 1 atom stereocenters. The molecule has 4 amide bonds. The molecule has 1 aromatic rings. The van der Waals surface area contributed by atoms with Gasteiger partial charge in [0.05, 0.1) is 10.6 Å². The van der Waals surface area contributed by atoms with Crippen LogP contribution in [-0.2, 0) is 14.3 Å². The third-order valence-corrected chi connectivity index (χ3v) is 4.23. The minimum Gasteiger partial charge on any atom is -0.454 e. The van der Waals surface area contributed by atoms with Crippen molar-refractivity contribution >= 4 is 47.2 Å². The van der Waals surface area contributed by atoms with Gasteiger partial charge in [-0.2, -0.15) is 11.8 Å². The van der Waals surface area contributed by atoms with Crippen LogP contribution in [0, 0.1) is 0 Å². The van der Waals surface area contributed by atoms with E-state index in [0.29, 0.717) is 18.7 Å². The predicted molar refractivity (Wildman–Crippen MR) is 104 cm³/mol. The Kier molecular flexibility index (Phi) is 10.3. The third kappa shape index (κ3) is 8.31. The van der Waals surface area contributed by atoms with E-state index in [1.165, 1.54) is 17.8 Å². The summed E-state index contributed by atoms with van der Waals surface area (Å²) in [7, 11) is 0. The number of esters is 1. The van der Waals surface area contributed by atoms with E-state index in [9.17, 15) is 19.2 Å². The van der Waals surface area contributed by atoms with Crippen LogP contribution >= 0.6 is 23.4 Å². The fourth-order valence-corrected chi connectivity index (χ4v) is 2.66. The van der Waals surface area contributed by atoms with Crippen LogP contribution in [0.25, 0.3) is 0 Å². The standard InChI is InChI=1S/C17H22ClN3O5S/c1-3-19-17(25)21-14(22)10-26-16(24)13(8-9-27-2)20-15(23)11-6-4-5-7-12(11)18/h4-7,13H,3,8-10H2,1-2H3,(H,20,23)(H2,19,21,22,25)/t13-/m1/s1. The first kappa shape index (κ1) is 22.8. The summed E-state index contributed by atoms with van der Waals surface area (Å²) in [6.07, 6.45) is 2.17. The highest BCUT2D eigenvalue weighted by atomic mass is 35.5. The second-order valence-corrected chi connectivity index (χ2v) is 6.70. The fourth-order valence-electron chi connectivity index (χ4n) is 1.97. The van der Waals surface area contributed by atoms with Crippen LogP contribution in [0.4, 0.5) is 4.79 Å². The van der Waals surface area contributed by atoms with Gasteiger partial charge in [0.25, 0.3) is 11.8 Å². The summed E-state index contributed by atoms with van der Waals surface area (Å²) in [4.78, 5) is 47.5. The van der Waals surface area contributed by atoms with Gasteiger partial charge in [-0.3, -0.25) is 14.9 Å². The molecule has 3 N–H and O–H groups in total. The maximum atomic E-state index is 12.4. The van der Waals surface area contributed by atoms with Gasteiger partial charge in [-0.15, -0.1) is 0 Å². The lowest BCUT2D eigenvalue weighted by molar-refractivity contribution is -0.150. The number of amides is 4. The maximum Gasteiger partial charge on any atom is 0.329 e. The highest BCUT2D eigenvalue weighted by Crippen LogP contribution is 2.15. The van der Waals surface area contributed by atoms with Gasteiger partial charge in [-0.25, -0.2) is 9.59 Å². The second kappa shape index (κ2) is 12.2. The van der Waals surface area contributed by atoms with Crippen LogP contribution < -0.4 is 16.0 Å². The molecule has 0 aliphatic rings. The number of imide groups is 1. The molecule has 0 aliphatic heterocycles. The summed E-state index contributed by atoms with van der Waals surface area (Å²) >= 11 is 7.49. The van der Waals surface area contributed by atoms with Crippen molar-refractivity contribution in [2.75, 3.05) is 25.2 Å². The zero-order chi connectivity index (χ0) is 20.2. The number of hydrogen-bond donors (Lipinski definition) is 3. The van der Waals surface area contributed by atoms with E-state index in [0.717, 1.165) is 0 Å². The summed E-state index contributed by atoms with van der Waals surface area (Å²) in [6, 6.07) is 4.82. The van der Waals surface area contributed by atoms with Crippen LogP contribution in [0.1, 0.15) is 23.7 Å². The Morgan fingerprint density at radius 2 is 1.93 bits per heavy atom. The number of halogens is 1. The van der Waals surface area contributed by atoms with Crippen molar-refractivity contribution in [3.8, 4) is 0 Å². The number of thioether (sulfide) groups is 1. The van der Waals surface area contributed by atoms with E-state index in [1.807, 2.05) is 11.6 Å². The van der Waals surface area contributed by atoms with Crippen molar-refractivity contribution in [3.63, 3.8) is 0 Å². The van der Waals surface area contributed by atoms with Crippen LogP contribution in [0.5, 0.6) is 0 Å². The van der Waals surface area contributed by atoms with Gasteiger partial charge >= 0.3 is 12.0 Å². The smallest absolute Gasteiger partial charge is 0.329 e. The van der Waals surface area contributed by atoms with Gasteiger partial charge in [0.15, 0.2) is 6.61 Å². The van der Waals surface area contributed by atoms with Gasteiger partial charge in [-0.1, -0.05) is 23.7 Å². The number of rotatable bonds is 9. The largest absolute Gasteiger partial charge is 0.454 e. The van der Waals surface area contributed by atoms with Gasteiger partial charge < -0.3 is 15.4 Å². The topological polar surface area (TPSA) is 114 Å². The maximum absolute atomic E-state index is 12.4. The van der Waals surface area contributed by atoms with Crippen molar-refractivity contribution in [2.45, 2.75) is 19.4 Å². The molecule has 1 aromatic carbocycles. The number of ether oxygens (including phenoxy) is 1. The normalized spacial score (nSPS) is 11.2. The molecular formula is C17H22ClN3O5S. The van der Waals surface area contributed by atoms with Crippen molar-refractivity contribution in [1.82, 2.24) is 16.0 Å². The van der Waals surface area contributed by atoms with Gasteiger partial charge in [0.2, 0.25) is 0 Å². The molecule has 10 heteroatoms. The molecule has 8 nitrogen and oxygen atoms in total. The lowest BCUT2D eigenvalue weighted by Crippen LogP contribution is -2.45. The van der Waals surface area contributed by atoms with E-state index in [2.05, 4.69) is 10.6 Å². The average molecular weight is 416 g/mol. The summed E-state index contributed by atoms with van der Waals surface area (Å²) < 4.78 is 4.92. The number of hydrogen-bond acceptors (Lipinski definition) is 6. The van der Waals surface area contributed by atoms with Crippen LogP contribution in [0.3, 0.4) is 0 Å². The zero-order valence-electron chi connectivity index (χ0n) is 15.0. The minimum atomic E-state index is -0.946. The molecular weight excluding hydrogens is 394 g/mol. The molecule has 27 heavy (non-hydrogen) atoms. The molecule has 0 saturated heterocycles. The predicted octanol–water partition coefficient (Wildman–Crippen LogP) is 1.58. The first-order valence-electron chi connectivity index (χ1n) is 8.17. The van der Waals surface area contributed by atoms with Gasteiger partial charge in [0, 0.05) is 6.54 Å². The highest BCUT2D eigenvalue weighted by Gasteiger charge is 2.24. The number of carbonyl (C=O) groups is 4. The van der Waals surface area contributed by atoms with Crippen molar-refractivity contribution in [1.29, 1.82) is 0 Å². The van der Waals surface area contributed by atoms with Crippen molar-refractivity contribution in [2.24, 2.45) is 0 Å². The Labute approximate surface area is 166 Å². The molecule has 0 aliphatic carbocycles. The van der Waals surface area contributed by atoms with Crippen LogP contribution in [0.15, 0.2) is 24.3 Å². The van der Waals surface area contributed by atoms with Crippen molar-refractivity contribution < 1.29 is 23.9 Å². The third-order valence-electron chi connectivity index (χ3n) is 3.25. The number of urea groups is 1. The molecule has 0 unspecified atom stereocenters. The van der Waals surface area contributed by atoms with E-state index in [1.54, 1.807) is 25.1 Å². The zero-order valence-corrected chi connectivity index (χ0v) is 16.6. The Morgan fingerprint density at radius 1 is 1.22 bits per heavy atom. The molecule has 1 rings (SSSR count). The summed E-state index contributed by atoms with van der Waals surface area (Å²) in [5.41, 5.74) is 0.232. The first-order valence-corrected chi connectivity index (χ1v) is 9.94.